The molecule has 1 aromatic rings. The minimum atomic E-state index is -0.912. The second-order valence-electron chi connectivity index (χ2n) is 6.72. The highest BCUT2D eigenvalue weighted by atomic mass is 16.3. The van der Waals surface area contributed by atoms with E-state index in [-0.39, 0.29) is 30.5 Å². The van der Waals surface area contributed by atoms with Gasteiger partial charge in [0.2, 0.25) is 0 Å². The maximum Gasteiger partial charge on any atom is 0.254 e. The summed E-state index contributed by atoms with van der Waals surface area (Å²) < 4.78 is 0. The van der Waals surface area contributed by atoms with Gasteiger partial charge in [0.05, 0.1) is 12.7 Å². The van der Waals surface area contributed by atoms with Gasteiger partial charge >= 0.3 is 0 Å². The molecule has 0 heterocycles. The summed E-state index contributed by atoms with van der Waals surface area (Å²) in [5, 5.41) is 18.5. The highest BCUT2D eigenvalue weighted by Gasteiger charge is 2.22. The first-order valence-electron chi connectivity index (χ1n) is 7.37. The number of aliphatic hydroxyl groups excluding tert-OH is 2. The Bertz CT molecular complexity index is 460. The summed E-state index contributed by atoms with van der Waals surface area (Å²) in [6.45, 7) is 9.95. The van der Waals surface area contributed by atoms with Crippen molar-refractivity contribution in [2.24, 2.45) is 0 Å². The molecule has 0 saturated heterocycles. The number of hydrogen-bond acceptors (Lipinski definition) is 3. The van der Waals surface area contributed by atoms with Crippen LogP contribution in [0.25, 0.3) is 0 Å². The van der Waals surface area contributed by atoms with Crippen molar-refractivity contribution >= 4 is 5.91 Å². The van der Waals surface area contributed by atoms with Crippen LogP contribution in [0.15, 0.2) is 24.3 Å². The first kappa shape index (κ1) is 17.7. The minimum Gasteiger partial charge on any atom is -0.394 e. The van der Waals surface area contributed by atoms with E-state index < -0.39 is 6.10 Å². The average molecular weight is 293 g/mol. The van der Waals surface area contributed by atoms with Crippen molar-refractivity contribution in [3.05, 3.63) is 35.4 Å². The molecule has 4 heteroatoms. The van der Waals surface area contributed by atoms with E-state index in [0.717, 1.165) is 0 Å². The zero-order valence-electron chi connectivity index (χ0n) is 13.6. The van der Waals surface area contributed by atoms with Gasteiger partial charge in [-0.3, -0.25) is 4.79 Å². The van der Waals surface area contributed by atoms with E-state index in [1.807, 2.05) is 38.1 Å². The Kier molecular flexibility index (Phi) is 5.93. The summed E-state index contributed by atoms with van der Waals surface area (Å²) in [6.07, 6.45) is -0.912. The van der Waals surface area contributed by atoms with E-state index in [9.17, 15) is 9.90 Å². The molecular formula is C17H27NO3. The Morgan fingerprint density at radius 2 is 1.71 bits per heavy atom. The van der Waals surface area contributed by atoms with Gasteiger partial charge in [0, 0.05) is 18.2 Å². The third-order valence-electron chi connectivity index (χ3n) is 3.50. The molecule has 1 aromatic carbocycles. The summed E-state index contributed by atoms with van der Waals surface area (Å²) >= 11 is 0. The summed E-state index contributed by atoms with van der Waals surface area (Å²) in [6, 6.07) is 7.54. The Hall–Kier alpha value is -1.39. The highest BCUT2D eigenvalue weighted by Crippen LogP contribution is 2.22. The molecule has 1 amide bonds. The molecule has 1 unspecified atom stereocenters. The lowest BCUT2D eigenvalue weighted by Crippen LogP contribution is -2.43. The van der Waals surface area contributed by atoms with E-state index in [1.54, 1.807) is 4.90 Å². The van der Waals surface area contributed by atoms with Crippen LogP contribution in [0, 0.1) is 0 Å². The summed E-state index contributed by atoms with van der Waals surface area (Å²) in [4.78, 5) is 14.1. The molecule has 2 N–H and O–H groups in total. The van der Waals surface area contributed by atoms with Gasteiger partial charge in [-0.15, -0.1) is 0 Å². The van der Waals surface area contributed by atoms with Crippen molar-refractivity contribution < 1.29 is 15.0 Å². The monoisotopic (exact) mass is 293 g/mol. The molecule has 21 heavy (non-hydrogen) atoms. The van der Waals surface area contributed by atoms with Crippen molar-refractivity contribution in [1.82, 2.24) is 4.90 Å². The molecule has 0 radical (unpaired) electrons. The van der Waals surface area contributed by atoms with Crippen LogP contribution in [0.2, 0.25) is 0 Å². The Balaban J connectivity index is 2.94. The van der Waals surface area contributed by atoms with Crippen LogP contribution >= 0.6 is 0 Å². The SMILES string of the molecule is CC(C)N(CC(O)CO)C(=O)c1ccc(C(C)(C)C)cc1. The lowest BCUT2D eigenvalue weighted by Gasteiger charge is -2.29. The van der Waals surface area contributed by atoms with Crippen molar-refractivity contribution in [1.29, 1.82) is 0 Å². The molecule has 0 spiro atoms. The largest absolute Gasteiger partial charge is 0.394 e. The van der Waals surface area contributed by atoms with Gasteiger partial charge in [-0.05, 0) is 37.0 Å². The van der Waals surface area contributed by atoms with Gasteiger partial charge in [0.15, 0.2) is 0 Å². The smallest absolute Gasteiger partial charge is 0.254 e. The van der Waals surface area contributed by atoms with Gasteiger partial charge in [-0.2, -0.15) is 0 Å². The molecule has 0 saturated carbocycles. The molecule has 118 valence electrons. The number of nitrogens with zero attached hydrogens (tertiary/aromatic N) is 1. The maximum absolute atomic E-state index is 12.5. The third-order valence-corrected chi connectivity index (χ3v) is 3.50. The van der Waals surface area contributed by atoms with Gasteiger partial charge in [0.1, 0.15) is 0 Å². The first-order valence-corrected chi connectivity index (χ1v) is 7.37. The molecule has 1 rings (SSSR count). The van der Waals surface area contributed by atoms with E-state index >= 15 is 0 Å². The number of rotatable bonds is 5. The number of benzene rings is 1. The summed E-state index contributed by atoms with van der Waals surface area (Å²) in [7, 11) is 0. The molecule has 0 aromatic heterocycles. The fourth-order valence-electron chi connectivity index (χ4n) is 2.09. The van der Waals surface area contributed by atoms with Gasteiger partial charge in [-0.25, -0.2) is 0 Å². The van der Waals surface area contributed by atoms with Crippen LogP contribution in [0.5, 0.6) is 0 Å². The Morgan fingerprint density at radius 3 is 2.10 bits per heavy atom. The van der Waals surface area contributed by atoms with Gasteiger partial charge in [0.25, 0.3) is 5.91 Å². The number of amides is 1. The first-order chi connectivity index (χ1) is 9.66. The zero-order valence-corrected chi connectivity index (χ0v) is 13.6. The Morgan fingerprint density at radius 1 is 1.19 bits per heavy atom. The van der Waals surface area contributed by atoms with Crippen LogP contribution in [0.1, 0.15) is 50.5 Å². The molecule has 0 aliphatic rings. The molecule has 0 aliphatic carbocycles. The van der Waals surface area contributed by atoms with Crippen molar-refractivity contribution in [2.45, 2.75) is 52.2 Å². The zero-order chi connectivity index (χ0) is 16.2. The van der Waals surface area contributed by atoms with Crippen LogP contribution in [0.4, 0.5) is 0 Å². The van der Waals surface area contributed by atoms with Crippen molar-refractivity contribution in [3.8, 4) is 0 Å². The van der Waals surface area contributed by atoms with Crippen molar-refractivity contribution in [3.63, 3.8) is 0 Å². The molecule has 0 bridgehead atoms. The minimum absolute atomic E-state index is 0.0407. The third kappa shape index (κ3) is 4.83. The highest BCUT2D eigenvalue weighted by molar-refractivity contribution is 5.94. The van der Waals surface area contributed by atoms with E-state index in [0.29, 0.717) is 5.56 Å². The average Bonchev–Trinajstić information content (AvgIpc) is 2.42. The van der Waals surface area contributed by atoms with E-state index in [4.69, 9.17) is 5.11 Å². The van der Waals surface area contributed by atoms with Crippen LogP contribution in [0.3, 0.4) is 0 Å². The number of carbonyl (C=O) groups is 1. The second-order valence-corrected chi connectivity index (χ2v) is 6.72. The number of aliphatic hydroxyl groups is 2. The predicted molar refractivity (Wildman–Crippen MR) is 84.4 cm³/mol. The van der Waals surface area contributed by atoms with E-state index in [1.165, 1.54) is 5.56 Å². The number of hydrogen-bond donors (Lipinski definition) is 2. The second kappa shape index (κ2) is 7.05. The van der Waals surface area contributed by atoms with Crippen molar-refractivity contribution in [2.75, 3.05) is 13.2 Å². The molecule has 1 atom stereocenters. The topological polar surface area (TPSA) is 60.8 Å². The number of carbonyl (C=O) groups excluding carboxylic acids is 1. The molecule has 0 aliphatic heterocycles. The molecule has 0 fully saturated rings. The normalized spacial score (nSPS) is 13.3. The lowest BCUT2D eigenvalue weighted by molar-refractivity contribution is 0.0386. The van der Waals surface area contributed by atoms with Crippen LogP contribution < -0.4 is 0 Å². The maximum atomic E-state index is 12.5. The standard InChI is InChI=1S/C17H27NO3/c1-12(2)18(10-15(20)11-19)16(21)13-6-8-14(9-7-13)17(3,4)5/h6-9,12,15,19-20H,10-11H2,1-5H3. The summed E-state index contributed by atoms with van der Waals surface area (Å²) in [5.41, 5.74) is 1.82. The van der Waals surface area contributed by atoms with Gasteiger partial charge in [-0.1, -0.05) is 32.9 Å². The summed E-state index contributed by atoms with van der Waals surface area (Å²) in [5.74, 6) is -0.127. The predicted octanol–water partition coefficient (Wildman–Crippen LogP) is 2.19. The fourth-order valence-corrected chi connectivity index (χ4v) is 2.09. The molecule has 4 nitrogen and oxygen atoms in total. The quantitative estimate of drug-likeness (QED) is 0.875. The van der Waals surface area contributed by atoms with Crippen LogP contribution in [-0.4, -0.2) is 46.3 Å². The lowest BCUT2D eigenvalue weighted by atomic mass is 9.86. The van der Waals surface area contributed by atoms with Gasteiger partial charge < -0.3 is 15.1 Å². The van der Waals surface area contributed by atoms with Crippen LogP contribution in [-0.2, 0) is 5.41 Å². The van der Waals surface area contributed by atoms with E-state index in [2.05, 4.69) is 20.8 Å². The fraction of sp³-hybridized carbons (Fsp3) is 0.588. The Labute approximate surface area is 127 Å². The molecular weight excluding hydrogens is 266 g/mol.